The van der Waals surface area contributed by atoms with Crippen LogP contribution in [0.5, 0.6) is 0 Å². The highest BCUT2D eigenvalue weighted by Gasteiger charge is 2.33. The molecule has 0 bridgehead atoms. The van der Waals surface area contributed by atoms with Crippen LogP contribution in [0.15, 0.2) is 18.2 Å². The number of halogens is 2. The quantitative estimate of drug-likeness (QED) is 0.900. The minimum absolute atomic E-state index is 0.108. The van der Waals surface area contributed by atoms with Crippen molar-refractivity contribution in [2.24, 2.45) is 0 Å². The summed E-state index contributed by atoms with van der Waals surface area (Å²) in [6.07, 6.45) is 1.19. The SMILES string of the molecule is O=C(NC1(CO)CCOCC1)c1ccc(Cl)c(Cl)c1. The minimum Gasteiger partial charge on any atom is -0.394 e. The van der Waals surface area contributed by atoms with Crippen LogP contribution in [0, 0.1) is 0 Å². The van der Waals surface area contributed by atoms with Gasteiger partial charge in [-0.05, 0) is 31.0 Å². The molecule has 0 spiro atoms. The maximum atomic E-state index is 12.2. The second-order valence-electron chi connectivity index (χ2n) is 4.63. The van der Waals surface area contributed by atoms with E-state index in [0.29, 0.717) is 41.7 Å². The fourth-order valence-corrected chi connectivity index (χ4v) is 2.33. The lowest BCUT2D eigenvalue weighted by Gasteiger charge is -2.36. The van der Waals surface area contributed by atoms with Gasteiger partial charge in [0.15, 0.2) is 0 Å². The van der Waals surface area contributed by atoms with Crippen molar-refractivity contribution in [2.45, 2.75) is 18.4 Å². The molecule has 0 saturated carbocycles. The van der Waals surface area contributed by atoms with Gasteiger partial charge in [0, 0.05) is 18.8 Å². The summed E-state index contributed by atoms with van der Waals surface area (Å²) in [4.78, 5) is 12.2. The van der Waals surface area contributed by atoms with Gasteiger partial charge in [-0.2, -0.15) is 0 Å². The predicted octanol–water partition coefficient (Wildman–Crippen LogP) is 2.26. The second-order valence-corrected chi connectivity index (χ2v) is 5.45. The number of nitrogens with one attached hydrogen (secondary N) is 1. The van der Waals surface area contributed by atoms with Crippen LogP contribution in [-0.4, -0.2) is 36.4 Å². The Balaban J connectivity index is 2.12. The van der Waals surface area contributed by atoms with Gasteiger partial charge < -0.3 is 15.2 Å². The van der Waals surface area contributed by atoms with Crippen LogP contribution in [0.2, 0.25) is 10.0 Å². The number of hydrogen-bond acceptors (Lipinski definition) is 3. The number of ether oxygens (including phenoxy) is 1. The van der Waals surface area contributed by atoms with Gasteiger partial charge >= 0.3 is 0 Å². The first kappa shape index (κ1) is 14.6. The number of hydrogen-bond donors (Lipinski definition) is 2. The van der Waals surface area contributed by atoms with Gasteiger partial charge in [-0.15, -0.1) is 0 Å². The van der Waals surface area contributed by atoms with Crippen molar-refractivity contribution >= 4 is 29.1 Å². The lowest BCUT2D eigenvalue weighted by Crippen LogP contribution is -2.54. The average molecular weight is 304 g/mol. The van der Waals surface area contributed by atoms with Gasteiger partial charge in [-0.1, -0.05) is 23.2 Å². The smallest absolute Gasteiger partial charge is 0.251 e. The van der Waals surface area contributed by atoms with Gasteiger partial charge in [0.05, 0.1) is 22.2 Å². The molecule has 19 heavy (non-hydrogen) atoms. The molecule has 1 aliphatic rings. The van der Waals surface area contributed by atoms with Gasteiger partial charge in [-0.25, -0.2) is 0 Å². The summed E-state index contributed by atoms with van der Waals surface area (Å²) < 4.78 is 5.25. The lowest BCUT2D eigenvalue weighted by molar-refractivity contribution is 0.0125. The highest BCUT2D eigenvalue weighted by molar-refractivity contribution is 6.42. The predicted molar refractivity (Wildman–Crippen MR) is 73.8 cm³/mol. The number of aliphatic hydroxyl groups excluding tert-OH is 1. The molecule has 1 aliphatic heterocycles. The van der Waals surface area contributed by atoms with Crippen LogP contribution in [0.3, 0.4) is 0 Å². The highest BCUT2D eigenvalue weighted by atomic mass is 35.5. The summed E-state index contributed by atoms with van der Waals surface area (Å²) in [5.74, 6) is -0.269. The molecule has 1 heterocycles. The maximum absolute atomic E-state index is 12.2. The van der Waals surface area contributed by atoms with Crippen molar-refractivity contribution < 1.29 is 14.6 Å². The van der Waals surface area contributed by atoms with Crippen LogP contribution in [0.25, 0.3) is 0 Å². The normalized spacial score (nSPS) is 18.1. The van der Waals surface area contributed by atoms with Crippen molar-refractivity contribution in [3.8, 4) is 0 Å². The molecule has 1 saturated heterocycles. The fraction of sp³-hybridized carbons (Fsp3) is 0.462. The Hall–Kier alpha value is -0.810. The Labute approximate surface area is 121 Å². The van der Waals surface area contributed by atoms with Crippen LogP contribution in [0.1, 0.15) is 23.2 Å². The standard InChI is InChI=1S/C13H15Cl2NO3/c14-10-2-1-9(7-11(10)15)12(18)16-13(8-17)3-5-19-6-4-13/h1-2,7,17H,3-6,8H2,(H,16,18). The number of amides is 1. The van der Waals surface area contributed by atoms with Gasteiger partial charge in [0.2, 0.25) is 0 Å². The Bertz CT molecular complexity index is 473. The van der Waals surface area contributed by atoms with Gasteiger partial charge in [0.1, 0.15) is 0 Å². The zero-order chi connectivity index (χ0) is 13.9. The van der Waals surface area contributed by atoms with Crippen molar-refractivity contribution in [2.75, 3.05) is 19.8 Å². The monoisotopic (exact) mass is 303 g/mol. The molecule has 0 aliphatic carbocycles. The first-order valence-electron chi connectivity index (χ1n) is 6.02. The zero-order valence-corrected chi connectivity index (χ0v) is 11.8. The topological polar surface area (TPSA) is 58.6 Å². The van der Waals surface area contributed by atoms with Crippen LogP contribution >= 0.6 is 23.2 Å². The third-order valence-electron chi connectivity index (χ3n) is 3.31. The van der Waals surface area contributed by atoms with E-state index in [1.807, 2.05) is 0 Å². The second kappa shape index (κ2) is 6.09. The summed E-state index contributed by atoms with van der Waals surface area (Å²) in [5.41, 5.74) is -0.185. The number of rotatable bonds is 3. The molecule has 1 aromatic carbocycles. The summed E-state index contributed by atoms with van der Waals surface area (Å²) in [6.45, 7) is 0.952. The van der Waals surface area contributed by atoms with Crippen molar-refractivity contribution in [1.82, 2.24) is 5.32 Å². The van der Waals surface area contributed by atoms with Crippen LogP contribution in [0.4, 0.5) is 0 Å². The Morgan fingerprint density at radius 3 is 2.58 bits per heavy atom. The van der Waals surface area contributed by atoms with Crippen LogP contribution < -0.4 is 5.32 Å². The molecule has 0 unspecified atom stereocenters. The number of aliphatic hydroxyl groups is 1. The third-order valence-corrected chi connectivity index (χ3v) is 4.05. The van der Waals surface area contributed by atoms with E-state index in [2.05, 4.69) is 5.32 Å². The summed E-state index contributed by atoms with van der Waals surface area (Å²) >= 11 is 11.7. The van der Waals surface area contributed by atoms with E-state index in [9.17, 15) is 9.90 Å². The van der Waals surface area contributed by atoms with E-state index in [1.54, 1.807) is 12.1 Å². The molecule has 6 heteroatoms. The van der Waals surface area contributed by atoms with Crippen molar-refractivity contribution in [1.29, 1.82) is 0 Å². The van der Waals surface area contributed by atoms with E-state index in [1.165, 1.54) is 6.07 Å². The number of carbonyl (C=O) groups excluding carboxylic acids is 1. The van der Waals surface area contributed by atoms with Crippen molar-refractivity contribution in [3.63, 3.8) is 0 Å². The first-order chi connectivity index (χ1) is 9.06. The van der Waals surface area contributed by atoms with E-state index in [4.69, 9.17) is 27.9 Å². The molecule has 4 nitrogen and oxygen atoms in total. The number of carbonyl (C=O) groups is 1. The van der Waals surface area contributed by atoms with E-state index in [-0.39, 0.29) is 12.5 Å². The summed E-state index contributed by atoms with van der Waals surface area (Å²) in [5, 5.41) is 13.1. The molecule has 0 aromatic heterocycles. The molecule has 0 radical (unpaired) electrons. The molecule has 104 valence electrons. The maximum Gasteiger partial charge on any atom is 0.251 e. The first-order valence-corrected chi connectivity index (χ1v) is 6.78. The molecule has 0 atom stereocenters. The Kier molecular flexibility index (Phi) is 4.68. The zero-order valence-electron chi connectivity index (χ0n) is 10.3. The van der Waals surface area contributed by atoms with Crippen LogP contribution in [-0.2, 0) is 4.74 Å². The van der Waals surface area contributed by atoms with E-state index in [0.717, 1.165) is 0 Å². The fourth-order valence-electron chi connectivity index (χ4n) is 2.04. The molecular formula is C13H15Cl2NO3. The van der Waals surface area contributed by atoms with Gasteiger partial charge in [-0.3, -0.25) is 4.79 Å². The number of benzene rings is 1. The molecule has 1 fully saturated rings. The molecule has 2 N–H and O–H groups in total. The Morgan fingerprint density at radius 2 is 2.00 bits per heavy atom. The molecule has 2 rings (SSSR count). The van der Waals surface area contributed by atoms with Crippen molar-refractivity contribution in [3.05, 3.63) is 33.8 Å². The molecular weight excluding hydrogens is 289 g/mol. The van der Waals surface area contributed by atoms with Gasteiger partial charge in [0.25, 0.3) is 5.91 Å². The summed E-state index contributed by atoms with van der Waals surface area (Å²) in [6, 6.07) is 4.70. The average Bonchev–Trinajstić information content (AvgIpc) is 2.43. The largest absolute Gasteiger partial charge is 0.394 e. The Morgan fingerprint density at radius 1 is 1.32 bits per heavy atom. The highest BCUT2D eigenvalue weighted by Crippen LogP contribution is 2.24. The third kappa shape index (κ3) is 3.39. The van der Waals surface area contributed by atoms with E-state index < -0.39 is 5.54 Å². The minimum atomic E-state index is -0.610. The molecule has 1 amide bonds. The molecule has 1 aromatic rings. The lowest BCUT2D eigenvalue weighted by atomic mass is 9.90. The summed E-state index contributed by atoms with van der Waals surface area (Å²) in [7, 11) is 0. The van der Waals surface area contributed by atoms with E-state index >= 15 is 0 Å².